The van der Waals surface area contributed by atoms with Crippen LogP contribution in [0.25, 0.3) is 11.5 Å². The summed E-state index contributed by atoms with van der Waals surface area (Å²) in [6.45, 7) is 1.86. The van der Waals surface area contributed by atoms with Crippen molar-refractivity contribution >= 4 is 17.3 Å². The van der Waals surface area contributed by atoms with Crippen LogP contribution in [0.4, 0.5) is 5.69 Å². The molecule has 3 heterocycles. The Morgan fingerprint density at radius 2 is 2.12 bits per heavy atom. The summed E-state index contributed by atoms with van der Waals surface area (Å²) in [6, 6.07) is 11.0. The lowest BCUT2D eigenvalue weighted by molar-refractivity contribution is -0.125. The normalized spacial score (nSPS) is 16.0. The summed E-state index contributed by atoms with van der Waals surface area (Å²) in [4.78, 5) is 26.1. The highest BCUT2D eigenvalue weighted by Gasteiger charge is 2.29. The van der Waals surface area contributed by atoms with Gasteiger partial charge in [-0.15, -0.1) is 0 Å². The molecule has 26 heavy (non-hydrogen) atoms. The van der Waals surface area contributed by atoms with Gasteiger partial charge in [0.25, 0.3) is 5.91 Å². The Morgan fingerprint density at radius 1 is 1.23 bits per heavy atom. The van der Waals surface area contributed by atoms with Gasteiger partial charge >= 0.3 is 0 Å². The molecule has 1 aromatic carbocycles. The van der Waals surface area contributed by atoms with E-state index in [0.29, 0.717) is 23.7 Å². The summed E-state index contributed by atoms with van der Waals surface area (Å²) in [5.74, 6) is 0.256. The molecule has 1 atom stereocenters. The molecule has 0 spiro atoms. The predicted molar refractivity (Wildman–Crippen MR) is 95.6 cm³/mol. The number of anilines is 1. The fraction of sp³-hybridized carbons (Fsp3) is 0.158. The van der Waals surface area contributed by atoms with E-state index in [0.717, 1.165) is 16.8 Å². The largest absolute Gasteiger partial charge is 0.444 e. The Kier molecular flexibility index (Phi) is 4.18. The number of amides is 1. The number of pyridine rings is 1. The number of nitrogens with one attached hydrogen (secondary N) is 1. The van der Waals surface area contributed by atoms with Crippen LogP contribution in [0, 0.1) is 6.92 Å². The zero-order chi connectivity index (χ0) is 17.9. The topological polar surface area (TPSA) is 89.6 Å². The minimum Gasteiger partial charge on any atom is -0.444 e. The van der Waals surface area contributed by atoms with E-state index in [1.807, 2.05) is 31.2 Å². The van der Waals surface area contributed by atoms with Gasteiger partial charge in [0.05, 0.1) is 11.4 Å². The molecule has 2 aromatic heterocycles. The van der Waals surface area contributed by atoms with Gasteiger partial charge in [-0.3, -0.25) is 9.78 Å². The standard InChI is InChI=1S/C19H16N4O3/c1-12-11-25-19(21-12)13-4-2-6-15(8-13)22-18(24)17-9-16(23-26-17)14-5-3-7-20-10-14/h2-8,10-11,17H,9H2,1H3,(H,22,24)/t17-/m1/s1. The van der Waals surface area contributed by atoms with Crippen LogP contribution in [0.1, 0.15) is 17.7 Å². The van der Waals surface area contributed by atoms with Crippen LogP contribution in [0.5, 0.6) is 0 Å². The number of oxazole rings is 1. The van der Waals surface area contributed by atoms with E-state index in [1.54, 1.807) is 30.8 Å². The number of hydrogen-bond donors (Lipinski definition) is 1. The van der Waals surface area contributed by atoms with E-state index in [2.05, 4.69) is 20.4 Å². The molecule has 1 amide bonds. The van der Waals surface area contributed by atoms with Crippen molar-refractivity contribution in [3.63, 3.8) is 0 Å². The van der Waals surface area contributed by atoms with Crippen LogP contribution >= 0.6 is 0 Å². The first-order valence-corrected chi connectivity index (χ1v) is 8.15. The van der Waals surface area contributed by atoms with Crippen molar-refractivity contribution in [3.8, 4) is 11.5 Å². The maximum Gasteiger partial charge on any atom is 0.268 e. The lowest BCUT2D eigenvalue weighted by atomic mass is 10.1. The number of hydrogen-bond acceptors (Lipinski definition) is 6. The summed E-state index contributed by atoms with van der Waals surface area (Å²) in [5.41, 5.74) is 3.79. The molecule has 7 heteroatoms. The van der Waals surface area contributed by atoms with Gasteiger partial charge in [-0.25, -0.2) is 4.98 Å². The third-order valence-electron chi connectivity index (χ3n) is 3.95. The monoisotopic (exact) mass is 348 g/mol. The van der Waals surface area contributed by atoms with Gasteiger partial charge < -0.3 is 14.6 Å². The van der Waals surface area contributed by atoms with Gasteiger partial charge in [-0.2, -0.15) is 0 Å². The highest BCUT2D eigenvalue weighted by molar-refractivity contribution is 6.06. The molecule has 3 aromatic rings. The highest BCUT2D eigenvalue weighted by atomic mass is 16.6. The molecule has 130 valence electrons. The van der Waals surface area contributed by atoms with Crippen LogP contribution < -0.4 is 5.32 Å². The third kappa shape index (κ3) is 3.32. The van der Waals surface area contributed by atoms with E-state index in [-0.39, 0.29) is 5.91 Å². The molecular formula is C19H16N4O3. The Hall–Kier alpha value is -3.48. The number of rotatable bonds is 4. The van der Waals surface area contributed by atoms with Gasteiger partial charge in [-0.1, -0.05) is 11.2 Å². The van der Waals surface area contributed by atoms with Crippen LogP contribution in [0.3, 0.4) is 0 Å². The van der Waals surface area contributed by atoms with Crippen molar-refractivity contribution in [2.75, 3.05) is 5.32 Å². The number of carbonyl (C=O) groups excluding carboxylic acids is 1. The minimum atomic E-state index is -0.669. The lowest BCUT2D eigenvalue weighted by Crippen LogP contribution is -2.28. The first-order valence-electron chi connectivity index (χ1n) is 8.15. The second-order valence-corrected chi connectivity index (χ2v) is 5.94. The van der Waals surface area contributed by atoms with E-state index < -0.39 is 6.10 Å². The van der Waals surface area contributed by atoms with Crippen molar-refractivity contribution in [3.05, 3.63) is 66.3 Å². The molecule has 0 aliphatic carbocycles. The van der Waals surface area contributed by atoms with Crippen molar-refractivity contribution in [1.29, 1.82) is 0 Å². The number of nitrogens with zero attached hydrogens (tertiary/aromatic N) is 3. The average Bonchev–Trinajstić information content (AvgIpc) is 3.32. The summed E-state index contributed by atoms with van der Waals surface area (Å²) < 4.78 is 5.40. The number of benzene rings is 1. The van der Waals surface area contributed by atoms with Gasteiger partial charge in [0.15, 0.2) is 0 Å². The number of oxime groups is 1. The molecule has 0 unspecified atom stereocenters. The van der Waals surface area contributed by atoms with E-state index in [1.165, 1.54) is 0 Å². The van der Waals surface area contributed by atoms with Crippen LogP contribution in [-0.2, 0) is 9.63 Å². The third-order valence-corrected chi connectivity index (χ3v) is 3.95. The molecule has 0 radical (unpaired) electrons. The van der Waals surface area contributed by atoms with E-state index >= 15 is 0 Å². The molecular weight excluding hydrogens is 332 g/mol. The number of aryl methyl sites for hydroxylation is 1. The van der Waals surface area contributed by atoms with Crippen LogP contribution in [0.15, 0.2) is 64.6 Å². The Balaban J connectivity index is 1.43. The zero-order valence-corrected chi connectivity index (χ0v) is 14.0. The van der Waals surface area contributed by atoms with Gasteiger partial charge in [0.1, 0.15) is 6.26 Å². The van der Waals surface area contributed by atoms with E-state index in [9.17, 15) is 4.79 Å². The SMILES string of the molecule is Cc1coc(-c2cccc(NC(=O)[C@H]3CC(c4cccnc4)=NO3)c2)n1. The highest BCUT2D eigenvalue weighted by Crippen LogP contribution is 2.23. The van der Waals surface area contributed by atoms with Crippen LogP contribution in [0.2, 0.25) is 0 Å². The molecule has 1 N–H and O–H groups in total. The fourth-order valence-electron chi connectivity index (χ4n) is 2.66. The Labute approximate surface area is 149 Å². The summed E-state index contributed by atoms with van der Waals surface area (Å²) >= 11 is 0. The Morgan fingerprint density at radius 3 is 2.88 bits per heavy atom. The number of aromatic nitrogens is 2. The second kappa shape index (κ2) is 6.79. The molecule has 1 aliphatic rings. The van der Waals surface area contributed by atoms with E-state index in [4.69, 9.17) is 9.25 Å². The maximum atomic E-state index is 12.5. The minimum absolute atomic E-state index is 0.256. The maximum absolute atomic E-state index is 12.5. The Bertz CT molecular complexity index is 966. The fourth-order valence-corrected chi connectivity index (χ4v) is 2.66. The predicted octanol–water partition coefficient (Wildman–Crippen LogP) is 3.18. The van der Waals surface area contributed by atoms with Crippen molar-refractivity contribution in [1.82, 2.24) is 9.97 Å². The van der Waals surface area contributed by atoms with Gasteiger partial charge in [0, 0.05) is 35.6 Å². The van der Waals surface area contributed by atoms with Gasteiger partial charge in [-0.05, 0) is 37.3 Å². The van der Waals surface area contributed by atoms with Gasteiger partial charge in [0.2, 0.25) is 12.0 Å². The molecule has 0 fully saturated rings. The van der Waals surface area contributed by atoms with Crippen molar-refractivity contribution in [2.45, 2.75) is 19.4 Å². The number of carbonyl (C=O) groups is 1. The lowest BCUT2D eigenvalue weighted by Gasteiger charge is -2.10. The molecule has 0 bridgehead atoms. The zero-order valence-electron chi connectivity index (χ0n) is 14.0. The van der Waals surface area contributed by atoms with Crippen LogP contribution in [-0.4, -0.2) is 27.7 Å². The molecule has 0 saturated heterocycles. The first-order chi connectivity index (χ1) is 12.7. The quantitative estimate of drug-likeness (QED) is 0.782. The molecule has 4 rings (SSSR count). The molecule has 0 saturated carbocycles. The summed E-state index contributed by atoms with van der Waals surface area (Å²) in [7, 11) is 0. The summed E-state index contributed by atoms with van der Waals surface area (Å²) in [5, 5.41) is 6.86. The smallest absolute Gasteiger partial charge is 0.268 e. The second-order valence-electron chi connectivity index (χ2n) is 5.94. The van der Waals surface area contributed by atoms with Crippen molar-refractivity contribution < 1.29 is 14.0 Å². The first kappa shape index (κ1) is 16.0. The molecule has 1 aliphatic heterocycles. The average molecular weight is 348 g/mol. The summed E-state index contributed by atoms with van der Waals surface area (Å²) in [6.07, 6.45) is 4.70. The van der Waals surface area contributed by atoms with Crippen molar-refractivity contribution in [2.24, 2.45) is 5.16 Å². The molecule has 7 nitrogen and oxygen atoms in total.